The van der Waals surface area contributed by atoms with E-state index in [1.54, 1.807) is 19.5 Å². The number of nitrogens with zero attached hydrogens (tertiary/aromatic N) is 1. The molecule has 0 aliphatic heterocycles. The Morgan fingerprint density at radius 1 is 1.44 bits per heavy atom. The topological polar surface area (TPSA) is 63.2 Å². The Morgan fingerprint density at radius 3 is 2.88 bits per heavy atom. The number of methoxy groups -OCH3 is 1. The van der Waals surface area contributed by atoms with Crippen LogP contribution in [-0.4, -0.2) is 37.7 Å². The quantitative estimate of drug-likeness (QED) is 0.635. The van der Waals surface area contributed by atoms with Crippen LogP contribution in [-0.2, 0) is 16.1 Å². The molecule has 0 saturated heterocycles. The highest BCUT2D eigenvalue weighted by molar-refractivity contribution is 5.77. The first-order valence-electron chi connectivity index (χ1n) is 5.18. The van der Waals surface area contributed by atoms with Crippen molar-refractivity contribution in [3.05, 3.63) is 30.1 Å². The molecule has 1 heterocycles. The summed E-state index contributed by atoms with van der Waals surface area (Å²) in [5.41, 5.74) is 1.11. The van der Waals surface area contributed by atoms with Crippen molar-refractivity contribution in [3.63, 3.8) is 0 Å². The summed E-state index contributed by atoms with van der Waals surface area (Å²) < 4.78 is 4.82. The lowest BCUT2D eigenvalue weighted by atomic mass is 10.3. The Hall–Kier alpha value is -1.46. The van der Waals surface area contributed by atoms with Crippen LogP contribution in [0.15, 0.2) is 24.5 Å². The molecule has 5 nitrogen and oxygen atoms in total. The van der Waals surface area contributed by atoms with Crippen LogP contribution in [0.2, 0.25) is 0 Å². The van der Waals surface area contributed by atoms with E-state index in [1.807, 2.05) is 12.1 Å². The van der Waals surface area contributed by atoms with Crippen molar-refractivity contribution in [2.45, 2.75) is 6.54 Å². The average molecular weight is 223 g/mol. The summed E-state index contributed by atoms with van der Waals surface area (Å²) in [6.07, 6.45) is 3.46. The highest BCUT2D eigenvalue weighted by atomic mass is 16.5. The van der Waals surface area contributed by atoms with Gasteiger partial charge in [0.05, 0.1) is 13.2 Å². The molecule has 1 aromatic heterocycles. The van der Waals surface area contributed by atoms with Crippen LogP contribution in [0.4, 0.5) is 0 Å². The lowest BCUT2D eigenvalue weighted by molar-refractivity contribution is -0.120. The normalized spacial score (nSPS) is 10.1. The monoisotopic (exact) mass is 223 g/mol. The molecule has 0 aliphatic carbocycles. The number of carbonyl (C=O) groups excluding carboxylic acids is 1. The highest BCUT2D eigenvalue weighted by Crippen LogP contribution is 1.93. The van der Waals surface area contributed by atoms with E-state index in [1.165, 1.54) is 0 Å². The molecule has 0 aliphatic rings. The molecule has 1 aromatic rings. The third-order valence-electron chi connectivity index (χ3n) is 1.99. The van der Waals surface area contributed by atoms with Crippen LogP contribution in [0, 0.1) is 0 Å². The Balaban J connectivity index is 2.09. The van der Waals surface area contributed by atoms with E-state index in [9.17, 15) is 4.79 Å². The van der Waals surface area contributed by atoms with Crippen molar-refractivity contribution in [3.8, 4) is 0 Å². The summed E-state index contributed by atoms with van der Waals surface area (Å²) in [7, 11) is 1.61. The molecule has 2 N–H and O–H groups in total. The lowest BCUT2D eigenvalue weighted by Gasteiger charge is -2.06. The summed E-state index contributed by atoms with van der Waals surface area (Å²) in [6.45, 7) is 2.06. The van der Waals surface area contributed by atoms with E-state index in [-0.39, 0.29) is 5.91 Å². The minimum absolute atomic E-state index is 0.0221. The highest BCUT2D eigenvalue weighted by Gasteiger charge is 1.99. The zero-order valence-corrected chi connectivity index (χ0v) is 9.40. The molecule has 0 aromatic carbocycles. The molecule has 0 unspecified atom stereocenters. The smallest absolute Gasteiger partial charge is 0.234 e. The first kappa shape index (κ1) is 12.6. The standard InChI is InChI=1S/C11H17N3O2/c1-16-7-6-14-11(15)9-13-8-10-2-4-12-5-3-10/h2-5,13H,6-9H2,1H3,(H,14,15). The maximum atomic E-state index is 11.3. The fraction of sp³-hybridized carbons (Fsp3) is 0.455. The van der Waals surface area contributed by atoms with Crippen molar-refractivity contribution in [1.29, 1.82) is 0 Å². The molecular weight excluding hydrogens is 206 g/mol. The van der Waals surface area contributed by atoms with Gasteiger partial charge in [0, 0.05) is 32.6 Å². The molecule has 0 fully saturated rings. The van der Waals surface area contributed by atoms with Gasteiger partial charge in [0.2, 0.25) is 5.91 Å². The van der Waals surface area contributed by atoms with Gasteiger partial charge in [0.15, 0.2) is 0 Å². The minimum Gasteiger partial charge on any atom is -0.383 e. The largest absolute Gasteiger partial charge is 0.383 e. The van der Waals surface area contributed by atoms with Gasteiger partial charge in [-0.1, -0.05) is 0 Å². The van der Waals surface area contributed by atoms with Gasteiger partial charge in [0.1, 0.15) is 0 Å². The third kappa shape index (κ3) is 5.43. The van der Waals surface area contributed by atoms with Crippen LogP contribution in [0.1, 0.15) is 5.56 Å². The lowest BCUT2D eigenvalue weighted by Crippen LogP contribution is -2.35. The molecule has 0 atom stereocenters. The van der Waals surface area contributed by atoms with Gasteiger partial charge in [-0.05, 0) is 17.7 Å². The van der Waals surface area contributed by atoms with Gasteiger partial charge < -0.3 is 15.4 Å². The van der Waals surface area contributed by atoms with Gasteiger partial charge in [-0.25, -0.2) is 0 Å². The summed E-state index contributed by atoms with van der Waals surface area (Å²) in [5.74, 6) is -0.0221. The molecule has 16 heavy (non-hydrogen) atoms. The number of ether oxygens (including phenoxy) is 1. The predicted molar refractivity (Wildman–Crippen MR) is 60.8 cm³/mol. The van der Waals surface area contributed by atoms with Crippen molar-refractivity contribution in [1.82, 2.24) is 15.6 Å². The molecule has 0 bridgehead atoms. The number of rotatable bonds is 7. The zero-order chi connectivity index (χ0) is 11.6. The van der Waals surface area contributed by atoms with Gasteiger partial charge in [-0.2, -0.15) is 0 Å². The summed E-state index contributed by atoms with van der Waals surface area (Å²) in [6, 6.07) is 3.83. The predicted octanol–water partition coefficient (Wildman–Crippen LogP) is -0.0662. The molecule has 1 amide bonds. The van der Waals surface area contributed by atoms with Crippen LogP contribution in [0.5, 0.6) is 0 Å². The van der Waals surface area contributed by atoms with E-state index >= 15 is 0 Å². The maximum Gasteiger partial charge on any atom is 0.234 e. The fourth-order valence-electron chi connectivity index (χ4n) is 1.18. The van der Waals surface area contributed by atoms with Crippen LogP contribution in [0.3, 0.4) is 0 Å². The molecular formula is C11H17N3O2. The molecule has 0 radical (unpaired) electrons. The number of amides is 1. The Morgan fingerprint density at radius 2 is 2.19 bits per heavy atom. The first-order chi connectivity index (χ1) is 7.83. The molecule has 5 heteroatoms. The van der Waals surface area contributed by atoms with Gasteiger partial charge in [-0.15, -0.1) is 0 Å². The zero-order valence-electron chi connectivity index (χ0n) is 9.40. The number of hydrogen-bond acceptors (Lipinski definition) is 4. The van der Waals surface area contributed by atoms with Crippen LogP contribution in [0.25, 0.3) is 0 Å². The van der Waals surface area contributed by atoms with E-state index in [0.717, 1.165) is 5.56 Å². The van der Waals surface area contributed by atoms with Crippen molar-refractivity contribution in [2.75, 3.05) is 26.8 Å². The minimum atomic E-state index is -0.0221. The fourth-order valence-corrected chi connectivity index (χ4v) is 1.18. The average Bonchev–Trinajstić information content (AvgIpc) is 2.31. The molecule has 0 saturated carbocycles. The second kappa shape index (κ2) is 7.78. The van der Waals surface area contributed by atoms with Crippen LogP contribution >= 0.6 is 0 Å². The number of hydrogen-bond donors (Lipinski definition) is 2. The number of nitrogens with one attached hydrogen (secondary N) is 2. The number of carbonyl (C=O) groups is 1. The SMILES string of the molecule is COCCNC(=O)CNCc1ccncc1. The van der Waals surface area contributed by atoms with Gasteiger partial charge >= 0.3 is 0 Å². The van der Waals surface area contributed by atoms with Crippen LogP contribution < -0.4 is 10.6 Å². The Bertz CT molecular complexity index is 303. The van der Waals surface area contributed by atoms with Crippen molar-refractivity contribution >= 4 is 5.91 Å². The number of aromatic nitrogens is 1. The number of pyridine rings is 1. The van der Waals surface area contributed by atoms with Crippen molar-refractivity contribution < 1.29 is 9.53 Å². The second-order valence-corrected chi connectivity index (χ2v) is 3.30. The summed E-state index contributed by atoms with van der Waals surface area (Å²) in [5, 5.41) is 5.78. The van der Waals surface area contributed by atoms with Gasteiger partial charge in [-0.3, -0.25) is 9.78 Å². The van der Waals surface area contributed by atoms with E-state index < -0.39 is 0 Å². The Kier molecular flexibility index (Phi) is 6.13. The first-order valence-corrected chi connectivity index (χ1v) is 5.18. The summed E-state index contributed by atoms with van der Waals surface area (Å²) >= 11 is 0. The Labute approximate surface area is 95.2 Å². The van der Waals surface area contributed by atoms with E-state index in [0.29, 0.717) is 26.2 Å². The molecule has 0 spiro atoms. The maximum absolute atomic E-state index is 11.3. The van der Waals surface area contributed by atoms with E-state index in [4.69, 9.17) is 4.74 Å². The summed E-state index contributed by atoms with van der Waals surface area (Å²) in [4.78, 5) is 15.2. The van der Waals surface area contributed by atoms with Crippen molar-refractivity contribution in [2.24, 2.45) is 0 Å². The second-order valence-electron chi connectivity index (χ2n) is 3.30. The molecule has 1 rings (SSSR count). The van der Waals surface area contributed by atoms with Gasteiger partial charge in [0.25, 0.3) is 0 Å². The third-order valence-corrected chi connectivity index (χ3v) is 1.99. The molecule has 88 valence electrons. The van der Waals surface area contributed by atoms with E-state index in [2.05, 4.69) is 15.6 Å².